The number of imide groups is 1. The highest BCUT2D eigenvalue weighted by Gasteiger charge is 2.67. The molecule has 1 fully saturated rings. The lowest BCUT2D eigenvalue weighted by atomic mass is 9.96. The molecule has 5 amide bonds. The molecule has 0 saturated carbocycles. The number of nitrogens with zero attached hydrogens (tertiary/aromatic N) is 2. The minimum Gasteiger partial charge on any atom is -0.461 e. The first-order valence-corrected chi connectivity index (χ1v) is 20.3. The van der Waals surface area contributed by atoms with Gasteiger partial charge in [-0.15, -0.1) is 11.8 Å². The molecule has 0 spiro atoms. The van der Waals surface area contributed by atoms with Crippen LogP contribution in [0.1, 0.15) is 60.0 Å². The maximum atomic E-state index is 14.4. The molecule has 2 aliphatic rings. The monoisotopic (exact) mass is 878 g/mol. The number of methoxy groups -OCH3 is 1. The van der Waals surface area contributed by atoms with E-state index in [4.69, 9.17) is 23.7 Å². The molecule has 1 unspecified atom stereocenters. The van der Waals surface area contributed by atoms with Crippen molar-refractivity contribution in [2.24, 2.45) is 0 Å². The van der Waals surface area contributed by atoms with Crippen molar-refractivity contribution in [2.75, 3.05) is 26.5 Å². The van der Waals surface area contributed by atoms with Gasteiger partial charge in [0.15, 0.2) is 17.6 Å². The first kappa shape index (κ1) is 45.2. The Morgan fingerprint density at radius 2 is 1.33 bits per heavy atom. The van der Waals surface area contributed by atoms with Gasteiger partial charge in [0.1, 0.15) is 23.7 Å². The van der Waals surface area contributed by atoms with Crippen molar-refractivity contribution in [1.29, 1.82) is 0 Å². The SMILES string of the molecule is CO[C@@]1(NC(=O)C(NC(=O)N(C)C(=O)c2ccc(OC(C)=O)c(OC(C)=O)c2)c2ccccc2)C(=O)N2C(C(=O)OC(c3ccccc3)c3ccccc3)=C(COC(C)=O)CS[C@H]21. The molecule has 6 rings (SSSR count). The van der Waals surface area contributed by atoms with Crippen LogP contribution in [0.3, 0.4) is 0 Å². The van der Waals surface area contributed by atoms with Crippen LogP contribution in [-0.2, 0) is 43.0 Å². The number of hydrogen-bond acceptors (Lipinski definition) is 14. The molecule has 0 radical (unpaired) electrons. The summed E-state index contributed by atoms with van der Waals surface area (Å²) in [7, 11) is 2.35. The molecule has 2 heterocycles. The summed E-state index contributed by atoms with van der Waals surface area (Å²) in [6.45, 7) is 3.13. The number of rotatable bonds is 14. The number of β-lactam (4-membered cyclic amide) rings is 1. The highest BCUT2D eigenvalue weighted by atomic mass is 32.2. The topological polar surface area (TPSA) is 213 Å². The Kier molecular flexibility index (Phi) is 14.1. The van der Waals surface area contributed by atoms with Gasteiger partial charge in [-0.05, 0) is 34.9 Å². The van der Waals surface area contributed by atoms with E-state index in [2.05, 4.69) is 10.6 Å². The Balaban J connectivity index is 1.26. The zero-order valence-electron chi connectivity index (χ0n) is 34.6. The third-order valence-electron chi connectivity index (χ3n) is 9.78. The summed E-state index contributed by atoms with van der Waals surface area (Å²) in [5.41, 5.74) is -0.548. The Morgan fingerprint density at radius 3 is 1.87 bits per heavy atom. The highest BCUT2D eigenvalue weighted by molar-refractivity contribution is 8.00. The fraction of sp³-hybridized carbons (Fsp3) is 0.244. The van der Waals surface area contributed by atoms with E-state index in [-0.39, 0.29) is 46.3 Å². The lowest BCUT2D eigenvalue weighted by molar-refractivity contribution is -0.193. The summed E-state index contributed by atoms with van der Waals surface area (Å²) < 4.78 is 27.4. The van der Waals surface area contributed by atoms with Gasteiger partial charge in [0, 0.05) is 51.8 Å². The first-order valence-electron chi connectivity index (χ1n) is 19.3. The fourth-order valence-corrected chi connectivity index (χ4v) is 8.22. The zero-order valence-corrected chi connectivity index (χ0v) is 35.5. The second-order valence-corrected chi connectivity index (χ2v) is 15.2. The molecule has 4 aromatic carbocycles. The standard InChI is InChI=1S/C45H42N4O13S/c1-26(50)59-24-33-25-63-43-45(58-5,42(56)49(43)37(33)41(55)62-38(30-17-11-7-12-18-30)31-19-13-8-14-20-31)47-39(53)36(29-15-9-6-10-16-29)46-44(57)48(4)40(54)32-21-22-34(60-27(2)51)35(23-32)61-28(3)52/h6-23,36,38,43H,24-25H2,1-5H3,(H,46,57)(H,47,53)/t36?,43-,45-/m0/s1. The van der Waals surface area contributed by atoms with Gasteiger partial charge in [0.25, 0.3) is 17.5 Å². The van der Waals surface area contributed by atoms with E-state index in [1.807, 2.05) is 12.1 Å². The number of ether oxygens (including phenoxy) is 5. The minimum atomic E-state index is -2.07. The predicted molar refractivity (Wildman–Crippen MR) is 224 cm³/mol. The minimum absolute atomic E-state index is 0.0568. The number of fused-ring (bicyclic) bond motifs is 1. The van der Waals surface area contributed by atoms with Gasteiger partial charge in [-0.2, -0.15) is 0 Å². The van der Waals surface area contributed by atoms with E-state index in [1.54, 1.807) is 78.9 Å². The molecular formula is C45H42N4O13S. The van der Waals surface area contributed by atoms with Crippen LogP contribution in [-0.4, -0.2) is 95.0 Å². The number of urea groups is 1. The van der Waals surface area contributed by atoms with Crippen LogP contribution in [0, 0.1) is 0 Å². The third kappa shape index (κ3) is 9.92. The highest BCUT2D eigenvalue weighted by Crippen LogP contribution is 2.47. The van der Waals surface area contributed by atoms with Gasteiger partial charge in [0.05, 0.1) is 0 Å². The zero-order chi connectivity index (χ0) is 45.4. The Bertz CT molecular complexity index is 2430. The molecule has 3 atom stereocenters. The van der Waals surface area contributed by atoms with E-state index in [9.17, 15) is 38.4 Å². The molecular weight excluding hydrogens is 837 g/mol. The second-order valence-electron chi connectivity index (χ2n) is 14.1. The Morgan fingerprint density at radius 1 is 0.778 bits per heavy atom. The van der Waals surface area contributed by atoms with E-state index in [0.29, 0.717) is 16.0 Å². The number of benzene rings is 4. The largest absolute Gasteiger partial charge is 0.461 e. The van der Waals surface area contributed by atoms with Crippen LogP contribution >= 0.6 is 11.8 Å². The lowest BCUT2D eigenvalue weighted by Gasteiger charge is -2.56. The number of amides is 5. The van der Waals surface area contributed by atoms with Crippen molar-refractivity contribution in [2.45, 2.75) is 44.0 Å². The number of carbonyl (C=O) groups is 8. The lowest BCUT2D eigenvalue weighted by Crippen LogP contribution is -2.81. The number of hydrogen-bond donors (Lipinski definition) is 2. The Labute approximate surface area is 365 Å². The molecule has 2 aliphatic heterocycles. The summed E-state index contributed by atoms with van der Waals surface area (Å²) in [5.74, 6) is -5.99. The van der Waals surface area contributed by atoms with Crippen molar-refractivity contribution in [1.82, 2.24) is 20.4 Å². The number of esters is 4. The van der Waals surface area contributed by atoms with E-state index in [0.717, 1.165) is 43.6 Å². The maximum absolute atomic E-state index is 14.4. The molecule has 1 saturated heterocycles. The van der Waals surface area contributed by atoms with Crippen LogP contribution in [0.5, 0.6) is 11.5 Å². The van der Waals surface area contributed by atoms with Gasteiger partial charge >= 0.3 is 29.9 Å². The van der Waals surface area contributed by atoms with E-state index in [1.165, 1.54) is 26.2 Å². The van der Waals surface area contributed by atoms with Crippen LogP contribution in [0.25, 0.3) is 0 Å². The molecule has 63 heavy (non-hydrogen) atoms. The summed E-state index contributed by atoms with van der Waals surface area (Å²) in [5, 5.41) is 4.15. The Hall–Kier alpha value is -7.31. The van der Waals surface area contributed by atoms with Crippen molar-refractivity contribution in [3.8, 4) is 11.5 Å². The maximum Gasteiger partial charge on any atom is 0.356 e. The fourth-order valence-electron chi connectivity index (χ4n) is 6.80. The van der Waals surface area contributed by atoms with Crippen LogP contribution < -0.4 is 20.1 Å². The molecule has 17 nitrogen and oxygen atoms in total. The molecule has 326 valence electrons. The number of thioether (sulfide) groups is 1. The normalized spacial score (nSPS) is 17.0. The van der Waals surface area contributed by atoms with Crippen LogP contribution in [0.15, 0.2) is 120 Å². The molecule has 0 aliphatic carbocycles. The van der Waals surface area contributed by atoms with Crippen molar-refractivity contribution in [3.63, 3.8) is 0 Å². The van der Waals surface area contributed by atoms with E-state index >= 15 is 0 Å². The summed E-state index contributed by atoms with van der Waals surface area (Å²) in [4.78, 5) is 108. The molecule has 0 bridgehead atoms. The average Bonchev–Trinajstić information content (AvgIpc) is 3.28. The second kappa shape index (κ2) is 19.6. The summed E-state index contributed by atoms with van der Waals surface area (Å²) >= 11 is 1.13. The summed E-state index contributed by atoms with van der Waals surface area (Å²) in [6, 6.07) is 27.0. The molecule has 4 aromatic rings. The van der Waals surface area contributed by atoms with Gasteiger partial charge < -0.3 is 34.3 Å². The van der Waals surface area contributed by atoms with Crippen molar-refractivity contribution in [3.05, 3.63) is 143 Å². The average molecular weight is 879 g/mol. The van der Waals surface area contributed by atoms with Crippen molar-refractivity contribution < 1.29 is 62.0 Å². The van der Waals surface area contributed by atoms with Gasteiger partial charge in [-0.1, -0.05) is 91.0 Å². The van der Waals surface area contributed by atoms with Crippen molar-refractivity contribution >= 4 is 59.4 Å². The molecule has 0 aromatic heterocycles. The first-order chi connectivity index (χ1) is 30.1. The van der Waals surface area contributed by atoms with Gasteiger partial charge in [0.2, 0.25) is 5.91 Å². The smallest absolute Gasteiger partial charge is 0.356 e. The van der Waals surface area contributed by atoms with Crippen LogP contribution in [0.4, 0.5) is 4.79 Å². The third-order valence-corrected chi connectivity index (χ3v) is 11.2. The van der Waals surface area contributed by atoms with E-state index < -0.39 is 70.9 Å². The van der Waals surface area contributed by atoms with Crippen LogP contribution in [0.2, 0.25) is 0 Å². The summed E-state index contributed by atoms with van der Waals surface area (Å²) in [6.07, 6.45) is -0.894. The number of nitrogens with one attached hydrogen (secondary N) is 2. The van der Waals surface area contributed by atoms with Gasteiger partial charge in [-0.25, -0.2) is 9.59 Å². The van der Waals surface area contributed by atoms with Gasteiger partial charge in [-0.3, -0.25) is 38.6 Å². The molecule has 2 N–H and O–H groups in total. The predicted octanol–water partition coefficient (Wildman–Crippen LogP) is 4.58. The number of carbonyl (C=O) groups excluding carboxylic acids is 8. The molecule has 18 heteroatoms. The quantitative estimate of drug-likeness (QED) is 0.0768.